The van der Waals surface area contributed by atoms with Crippen LogP contribution in [-0.2, 0) is 0 Å². The van der Waals surface area contributed by atoms with Crippen molar-refractivity contribution in [1.82, 2.24) is 4.98 Å². The van der Waals surface area contributed by atoms with E-state index in [0.717, 1.165) is 5.92 Å². The molecule has 0 amide bonds. The van der Waals surface area contributed by atoms with E-state index in [1.54, 1.807) is 0 Å². The molecule has 0 radical (unpaired) electrons. The van der Waals surface area contributed by atoms with E-state index in [9.17, 15) is 0 Å². The molecule has 0 saturated heterocycles. The second kappa shape index (κ2) is 3.21. The van der Waals surface area contributed by atoms with Gasteiger partial charge in [0.15, 0.2) is 0 Å². The highest BCUT2D eigenvalue weighted by Crippen LogP contribution is 2.29. The zero-order valence-corrected chi connectivity index (χ0v) is 7.48. The topological polar surface area (TPSA) is 16.8 Å². The fraction of sp³-hybridized carbons (Fsp3) is 0.600. The smallest absolute Gasteiger partial charge is 0.235 e. The largest absolute Gasteiger partial charge is 0.286 e. The lowest BCUT2D eigenvalue weighted by Crippen LogP contribution is -2.37. The molecule has 2 rings (SSSR count). The Hall–Kier alpha value is -0.920. The minimum absolute atomic E-state index is 0.702. The van der Waals surface area contributed by atoms with Crippen LogP contribution >= 0.6 is 0 Å². The molecule has 1 saturated carbocycles. The summed E-state index contributed by atoms with van der Waals surface area (Å²) in [7, 11) is 0. The van der Waals surface area contributed by atoms with Gasteiger partial charge < -0.3 is 0 Å². The Kier molecular flexibility index (Phi) is 2.07. The molecule has 1 heterocycles. The average molecular weight is 163 g/mol. The second-order valence-electron chi connectivity index (χ2n) is 3.77. The fourth-order valence-electron chi connectivity index (χ4n) is 2.01. The molecule has 0 bridgehead atoms. The van der Waals surface area contributed by atoms with Crippen LogP contribution in [0.4, 0.5) is 0 Å². The summed E-state index contributed by atoms with van der Waals surface area (Å²) in [5, 5.41) is 0. The number of aromatic nitrogens is 2. The number of hydrogen-bond donors (Lipinski definition) is 0. The Morgan fingerprint density at radius 1 is 1.42 bits per heavy atom. The number of rotatable bonds is 1. The lowest BCUT2D eigenvalue weighted by Gasteiger charge is -2.05. The van der Waals surface area contributed by atoms with E-state index in [2.05, 4.69) is 22.7 Å². The first-order valence-corrected chi connectivity index (χ1v) is 4.67. The van der Waals surface area contributed by atoms with E-state index in [-0.39, 0.29) is 0 Å². The summed E-state index contributed by atoms with van der Waals surface area (Å²) >= 11 is 0. The minimum atomic E-state index is 0.702. The molecule has 0 aliphatic heterocycles. The van der Waals surface area contributed by atoms with Gasteiger partial charge in [0.2, 0.25) is 0 Å². The zero-order valence-electron chi connectivity index (χ0n) is 7.48. The first kappa shape index (κ1) is 7.71. The van der Waals surface area contributed by atoms with Crippen LogP contribution in [0.3, 0.4) is 0 Å². The van der Waals surface area contributed by atoms with Gasteiger partial charge >= 0.3 is 0 Å². The SMILES string of the molecule is CC1CCC([n+]2cccnc2)C1. The van der Waals surface area contributed by atoms with Gasteiger partial charge in [-0.15, -0.1) is 0 Å². The molecular weight excluding hydrogens is 148 g/mol. The molecule has 2 nitrogen and oxygen atoms in total. The Morgan fingerprint density at radius 3 is 2.92 bits per heavy atom. The van der Waals surface area contributed by atoms with E-state index in [4.69, 9.17) is 0 Å². The Morgan fingerprint density at radius 2 is 2.33 bits per heavy atom. The molecular formula is C10H15N2+. The maximum atomic E-state index is 4.12. The van der Waals surface area contributed by atoms with Gasteiger partial charge in [-0.2, -0.15) is 0 Å². The first-order valence-electron chi connectivity index (χ1n) is 4.67. The molecule has 1 fully saturated rings. The van der Waals surface area contributed by atoms with Crippen molar-refractivity contribution in [2.24, 2.45) is 5.92 Å². The molecule has 64 valence electrons. The van der Waals surface area contributed by atoms with Crippen LogP contribution in [0.2, 0.25) is 0 Å². The van der Waals surface area contributed by atoms with E-state index in [1.165, 1.54) is 19.3 Å². The minimum Gasteiger partial charge on any atom is -0.235 e. The second-order valence-corrected chi connectivity index (χ2v) is 3.77. The van der Waals surface area contributed by atoms with Crippen LogP contribution in [-0.4, -0.2) is 4.98 Å². The molecule has 2 atom stereocenters. The van der Waals surface area contributed by atoms with Crippen LogP contribution in [0, 0.1) is 5.92 Å². The van der Waals surface area contributed by atoms with Crippen molar-refractivity contribution in [2.75, 3.05) is 0 Å². The predicted molar refractivity (Wildman–Crippen MR) is 46.5 cm³/mol. The van der Waals surface area contributed by atoms with Crippen molar-refractivity contribution in [2.45, 2.75) is 32.2 Å². The first-order chi connectivity index (χ1) is 5.86. The maximum absolute atomic E-state index is 4.12. The monoisotopic (exact) mass is 163 g/mol. The summed E-state index contributed by atoms with van der Waals surface area (Å²) in [6, 6.07) is 2.71. The van der Waals surface area contributed by atoms with Crippen LogP contribution < -0.4 is 4.57 Å². The molecule has 1 aromatic heterocycles. The molecule has 0 N–H and O–H groups in total. The number of hydrogen-bond acceptors (Lipinski definition) is 1. The van der Waals surface area contributed by atoms with Crippen LogP contribution in [0.15, 0.2) is 24.8 Å². The summed E-state index contributed by atoms with van der Waals surface area (Å²) in [6.07, 6.45) is 9.88. The maximum Gasteiger partial charge on any atom is 0.286 e. The van der Waals surface area contributed by atoms with E-state index < -0.39 is 0 Å². The highest BCUT2D eigenvalue weighted by atomic mass is 15.0. The summed E-state index contributed by atoms with van der Waals surface area (Å²) in [5.74, 6) is 0.891. The van der Waals surface area contributed by atoms with Gasteiger partial charge in [0.25, 0.3) is 6.33 Å². The zero-order chi connectivity index (χ0) is 8.39. The van der Waals surface area contributed by atoms with Gasteiger partial charge in [0, 0.05) is 6.07 Å². The van der Waals surface area contributed by atoms with Crippen LogP contribution in [0.25, 0.3) is 0 Å². The molecule has 1 aromatic rings. The highest BCUT2D eigenvalue weighted by Gasteiger charge is 2.25. The lowest BCUT2D eigenvalue weighted by atomic mass is 10.1. The van der Waals surface area contributed by atoms with Crippen molar-refractivity contribution in [3.63, 3.8) is 0 Å². The van der Waals surface area contributed by atoms with Gasteiger partial charge in [-0.05, 0) is 25.2 Å². The normalized spacial score (nSPS) is 29.1. The van der Waals surface area contributed by atoms with E-state index in [0.29, 0.717) is 6.04 Å². The Balaban J connectivity index is 2.11. The Bertz CT molecular complexity index is 245. The van der Waals surface area contributed by atoms with Crippen LogP contribution in [0.5, 0.6) is 0 Å². The van der Waals surface area contributed by atoms with Crippen molar-refractivity contribution >= 4 is 0 Å². The summed E-state index contributed by atoms with van der Waals surface area (Å²) in [5.41, 5.74) is 0. The molecule has 2 unspecified atom stereocenters. The molecule has 1 aliphatic carbocycles. The van der Waals surface area contributed by atoms with Gasteiger partial charge in [-0.3, -0.25) is 0 Å². The van der Waals surface area contributed by atoms with Gasteiger partial charge in [-0.1, -0.05) is 11.9 Å². The number of nitrogens with zero attached hydrogens (tertiary/aromatic N) is 2. The van der Waals surface area contributed by atoms with Crippen molar-refractivity contribution in [3.8, 4) is 0 Å². The molecule has 12 heavy (non-hydrogen) atoms. The third-order valence-corrected chi connectivity index (χ3v) is 2.72. The van der Waals surface area contributed by atoms with Gasteiger partial charge in [0.05, 0.1) is 6.20 Å². The van der Waals surface area contributed by atoms with Crippen molar-refractivity contribution in [1.29, 1.82) is 0 Å². The molecule has 1 aliphatic rings. The third kappa shape index (κ3) is 1.47. The standard InChI is InChI=1S/C10H15N2/c1-9-3-4-10(7-9)12-6-2-5-11-8-12/h2,5-6,8-10H,3-4,7H2,1H3/q+1. The van der Waals surface area contributed by atoms with Crippen LogP contribution in [0.1, 0.15) is 32.2 Å². The van der Waals surface area contributed by atoms with Gasteiger partial charge in [0.1, 0.15) is 12.2 Å². The van der Waals surface area contributed by atoms with Crippen molar-refractivity contribution in [3.05, 3.63) is 24.8 Å². The van der Waals surface area contributed by atoms with E-state index in [1.807, 2.05) is 18.6 Å². The summed E-state index contributed by atoms with van der Waals surface area (Å²) < 4.78 is 2.24. The highest BCUT2D eigenvalue weighted by molar-refractivity contribution is 4.73. The summed E-state index contributed by atoms with van der Waals surface area (Å²) in [6.45, 7) is 2.33. The van der Waals surface area contributed by atoms with Crippen molar-refractivity contribution < 1.29 is 4.57 Å². The predicted octanol–water partition coefficient (Wildman–Crippen LogP) is 1.73. The lowest BCUT2D eigenvalue weighted by molar-refractivity contribution is -0.724. The summed E-state index contributed by atoms with van der Waals surface area (Å²) in [4.78, 5) is 4.12. The van der Waals surface area contributed by atoms with Gasteiger partial charge in [-0.25, -0.2) is 4.57 Å². The average Bonchev–Trinajstić information content (AvgIpc) is 2.54. The quantitative estimate of drug-likeness (QED) is 0.576. The Labute approximate surface area is 73.3 Å². The molecule has 0 spiro atoms. The third-order valence-electron chi connectivity index (χ3n) is 2.72. The molecule has 0 aromatic carbocycles. The molecule has 2 heteroatoms. The fourth-order valence-corrected chi connectivity index (χ4v) is 2.01. The van der Waals surface area contributed by atoms with E-state index >= 15 is 0 Å².